The molecule has 1 aromatic carbocycles. The molecular weight excluding hydrogens is 188 g/mol. The minimum atomic E-state index is -0.107. The lowest BCUT2D eigenvalue weighted by Crippen LogP contribution is -2.43. The molecular formula is C12H16N2O. The molecule has 1 aromatic rings. The number of rotatable bonds is 2. The number of nitrogens with one attached hydrogen (secondary N) is 2. The quantitative estimate of drug-likeness (QED) is 0.777. The molecule has 0 bridgehead atoms. The van der Waals surface area contributed by atoms with Crippen LogP contribution in [0.2, 0.25) is 0 Å². The van der Waals surface area contributed by atoms with E-state index >= 15 is 0 Å². The third kappa shape index (κ3) is 1.82. The first kappa shape index (κ1) is 10.0. The van der Waals surface area contributed by atoms with Crippen molar-refractivity contribution in [2.75, 3.05) is 10.6 Å². The molecule has 1 aliphatic rings. The summed E-state index contributed by atoms with van der Waals surface area (Å²) in [6.07, 6.45) is 0.993. The smallest absolute Gasteiger partial charge is 0.247 e. The SMILES string of the molecule is CC[C@@H](C)C1Nc2ccccc2NC1=O. The van der Waals surface area contributed by atoms with Gasteiger partial charge in [-0.05, 0) is 18.1 Å². The van der Waals surface area contributed by atoms with E-state index < -0.39 is 0 Å². The summed E-state index contributed by atoms with van der Waals surface area (Å²) in [5, 5.41) is 6.21. The number of para-hydroxylation sites is 2. The van der Waals surface area contributed by atoms with Gasteiger partial charge >= 0.3 is 0 Å². The van der Waals surface area contributed by atoms with Crippen LogP contribution < -0.4 is 10.6 Å². The van der Waals surface area contributed by atoms with Gasteiger partial charge in [0.2, 0.25) is 5.91 Å². The number of hydrogen-bond donors (Lipinski definition) is 2. The summed E-state index contributed by atoms with van der Waals surface area (Å²) in [7, 11) is 0. The predicted octanol–water partition coefficient (Wildman–Crippen LogP) is 2.47. The lowest BCUT2D eigenvalue weighted by Gasteiger charge is -2.30. The van der Waals surface area contributed by atoms with Crippen molar-refractivity contribution in [3.63, 3.8) is 0 Å². The van der Waals surface area contributed by atoms with Gasteiger partial charge in [0.1, 0.15) is 6.04 Å². The Morgan fingerprint density at radius 2 is 2.00 bits per heavy atom. The average molecular weight is 204 g/mol. The Labute approximate surface area is 89.9 Å². The minimum absolute atomic E-state index is 0.0723. The van der Waals surface area contributed by atoms with Gasteiger partial charge in [-0.1, -0.05) is 32.4 Å². The van der Waals surface area contributed by atoms with Crippen molar-refractivity contribution < 1.29 is 4.79 Å². The molecule has 1 amide bonds. The fourth-order valence-corrected chi connectivity index (χ4v) is 1.80. The standard InChI is InChI=1S/C12H16N2O/c1-3-8(2)11-12(15)14-10-7-5-4-6-9(10)13-11/h4-8,11,13H,3H2,1-2H3,(H,14,15)/t8-,11?/m1/s1. The van der Waals surface area contributed by atoms with Gasteiger partial charge in [0, 0.05) is 0 Å². The third-order valence-electron chi connectivity index (χ3n) is 2.99. The fourth-order valence-electron chi connectivity index (χ4n) is 1.80. The van der Waals surface area contributed by atoms with Gasteiger partial charge in [0.25, 0.3) is 0 Å². The van der Waals surface area contributed by atoms with Gasteiger partial charge < -0.3 is 10.6 Å². The summed E-state index contributed by atoms with van der Waals surface area (Å²) in [5.41, 5.74) is 1.89. The molecule has 0 saturated heterocycles. The number of fused-ring (bicyclic) bond motifs is 1. The molecule has 2 N–H and O–H groups in total. The van der Waals surface area contributed by atoms with E-state index in [2.05, 4.69) is 24.5 Å². The van der Waals surface area contributed by atoms with Crippen LogP contribution in [-0.4, -0.2) is 11.9 Å². The molecule has 3 nitrogen and oxygen atoms in total. The van der Waals surface area contributed by atoms with E-state index in [9.17, 15) is 4.79 Å². The number of benzene rings is 1. The highest BCUT2D eigenvalue weighted by Crippen LogP contribution is 2.28. The lowest BCUT2D eigenvalue weighted by molar-refractivity contribution is -0.118. The van der Waals surface area contributed by atoms with Crippen molar-refractivity contribution in [1.29, 1.82) is 0 Å². The Balaban J connectivity index is 2.26. The molecule has 0 fully saturated rings. The number of anilines is 2. The maximum atomic E-state index is 11.8. The van der Waals surface area contributed by atoms with Crippen molar-refractivity contribution in [3.8, 4) is 0 Å². The molecule has 0 saturated carbocycles. The fraction of sp³-hybridized carbons (Fsp3) is 0.417. The number of carbonyl (C=O) groups is 1. The molecule has 1 unspecified atom stereocenters. The van der Waals surface area contributed by atoms with E-state index in [0.29, 0.717) is 5.92 Å². The second kappa shape index (κ2) is 3.93. The normalized spacial score (nSPS) is 21.2. The number of hydrogen-bond acceptors (Lipinski definition) is 2. The van der Waals surface area contributed by atoms with Crippen molar-refractivity contribution in [3.05, 3.63) is 24.3 Å². The molecule has 2 rings (SSSR count). The van der Waals surface area contributed by atoms with Gasteiger partial charge in [-0.15, -0.1) is 0 Å². The maximum absolute atomic E-state index is 11.8. The topological polar surface area (TPSA) is 41.1 Å². The van der Waals surface area contributed by atoms with Crippen LogP contribution in [0.25, 0.3) is 0 Å². The van der Waals surface area contributed by atoms with E-state index in [1.54, 1.807) is 0 Å². The molecule has 0 aliphatic carbocycles. The molecule has 15 heavy (non-hydrogen) atoms. The van der Waals surface area contributed by atoms with Crippen molar-refractivity contribution in [1.82, 2.24) is 0 Å². The molecule has 0 radical (unpaired) electrons. The molecule has 0 spiro atoms. The highest BCUT2D eigenvalue weighted by molar-refractivity contribution is 6.03. The first-order valence-electron chi connectivity index (χ1n) is 5.38. The molecule has 80 valence electrons. The minimum Gasteiger partial charge on any atom is -0.372 e. The van der Waals surface area contributed by atoms with Crippen molar-refractivity contribution in [2.24, 2.45) is 5.92 Å². The molecule has 1 heterocycles. The summed E-state index contributed by atoms with van der Waals surface area (Å²) in [6, 6.07) is 7.68. The second-order valence-electron chi connectivity index (χ2n) is 4.04. The Hall–Kier alpha value is -1.51. The molecule has 0 aromatic heterocycles. The second-order valence-corrected chi connectivity index (χ2v) is 4.04. The largest absolute Gasteiger partial charge is 0.372 e. The van der Waals surface area contributed by atoms with Crippen LogP contribution in [0.4, 0.5) is 11.4 Å². The van der Waals surface area contributed by atoms with Gasteiger partial charge in [-0.3, -0.25) is 4.79 Å². The molecule has 1 aliphatic heterocycles. The third-order valence-corrected chi connectivity index (χ3v) is 2.99. The maximum Gasteiger partial charge on any atom is 0.247 e. The van der Waals surface area contributed by atoms with Crippen molar-refractivity contribution in [2.45, 2.75) is 26.3 Å². The van der Waals surface area contributed by atoms with Crippen LogP contribution in [0.1, 0.15) is 20.3 Å². The Bertz CT molecular complexity index is 376. The van der Waals surface area contributed by atoms with Crippen LogP contribution in [0.5, 0.6) is 0 Å². The lowest BCUT2D eigenvalue weighted by atomic mass is 9.96. The Morgan fingerprint density at radius 3 is 2.67 bits per heavy atom. The van der Waals surface area contributed by atoms with Crippen LogP contribution in [0.3, 0.4) is 0 Å². The van der Waals surface area contributed by atoms with Crippen LogP contribution in [0.15, 0.2) is 24.3 Å². The summed E-state index contributed by atoms with van der Waals surface area (Å²) in [5.74, 6) is 0.418. The zero-order valence-corrected chi connectivity index (χ0v) is 9.08. The van der Waals surface area contributed by atoms with Crippen LogP contribution in [0, 0.1) is 5.92 Å². The Morgan fingerprint density at radius 1 is 1.33 bits per heavy atom. The van der Waals surface area contributed by atoms with Gasteiger partial charge in [0.15, 0.2) is 0 Å². The summed E-state index contributed by atoms with van der Waals surface area (Å²) in [6.45, 7) is 4.19. The first-order valence-corrected chi connectivity index (χ1v) is 5.38. The van der Waals surface area contributed by atoms with E-state index in [1.807, 2.05) is 24.3 Å². The zero-order valence-electron chi connectivity index (χ0n) is 9.08. The highest BCUT2D eigenvalue weighted by Gasteiger charge is 2.28. The molecule has 2 atom stereocenters. The van der Waals surface area contributed by atoms with E-state index in [1.165, 1.54) is 0 Å². The number of amides is 1. The van der Waals surface area contributed by atoms with Crippen LogP contribution in [-0.2, 0) is 4.79 Å². The van der Waals surface area contributed by atoms with E-state index in [4.69, 9.17) is 0 Å². The number of carbonyl (C=O) groups excluding carboxylic acids is 1. The van der Waals surface area contributed by atoms with Crippen LogP contribution >= 0.6 is 0 Å². The van der Waals surface area contributed by atoms with Crippen molar-refractivity contribution >= 4 is 17.3 Å². The zero-order chi connectivity index (χ0) is 10.8. The monoisotopic (exact) mass is 204 g/mol. The average Bonchev–Trinajstić information content (AvgIpc) is 2.27. The summed E-state index contributed by atoms with van der Waals surface area (Å²) < 4.78 is 0. The first-order chi connectivity index (χ1) is 7.22. The van der Waals surface area contributed by atoms with E-state index in [-0.39, 0.29) is 11.9 Å². The van der Waals surface area contributed by atoms with E-state index in [0.717, 1.165) is 17.8 Å². The summed E-state index contributed by atoms with van der Waals surface area (Å²) in [4.78, 5) is 11.8. The Kier molecular flexibility index (Phi) is 2.62. The van der Waals surface area contributed by atoms with Gasteiger partial charge in [-0.2, -0.15) is 0 Å². The van der Waals surface area contributed by atoms with Gasteiger partial charge in [-0.25, -0.2) is 0 Å². The highest BCUT2D eigenvalue weighted by atomic mass is 16.2. The summed E-state index contributed by atoms with van der Waals surface area (Å²) >= 11 is 0. The predicted molar refractivity (Wildman–Crippen MR) is 61.9 cm³/mol. The van der Waals surface area contributed by atoms with Gasteiger partial charge in [0.05, 0.1) is 11.4 Å². The molecule has 3 heteroatoms.